The van der Waals surface area contributed by atoms with Crippen LogP contribution in [0.15, 0.2) is 22.7 Å². The molecule has 1 amide bonds. The topological polar surface area (TPSA) is 72.2 Å². The van der Waals surface area contributed by atoms with E-state index in [1.807, 2.05) is 11.8 Å². The number of rotatable bonds is 8. The molecule has 1 N–H and O–H groups in total. The summed E-state index contributed by atoms with van der Waals surface area (Å²) < 4.78 is 0.371. The van der Waals surface area contributed by atoms with Crippen LogP contribution in [0.25, 0.3) is 0 Å². The highest BCUT2D eigenvalue weighted by Crippen LogP contribution is 2.25. The second kappa shape index (κ2) is 8.97. The zero-order chi connectivity index (χ0) is 15.0. The number of hydrogen-bond acceptors (Lipinski definition) is 4. The molecule has 1 aromatic carbocycles. The second-order valence-electron chi connectivity index (χ2n) is 4.23. The Morgan fingerprint density at radius 1 is 1.40 bits per heavy atom. The number of nitro benzene ring substituents is 1. The first-order chi connectivity index (χ1) is 9.56. The van der Waals surface area contributed by atoms with Crippen molar-refractivity contribution in [2.45, 2.75) is 19.3 Å². The molecule has 0 atom stereocenters. The number of hydrogen-bond donors (Lipinski definition) is 1. The van der Waals surface area contributed by atoms with Gasteiger partial charge in [0.05, 0.1) is 9.40 Å². The van der Waals surface area contributed by atoms with Crippen molar-refractivity contribution >= 4 is 39.3 Å². The minimum absolute atomic E-state index is 0.0994. The number of nitro groups is 1. The molecule has 0 spiro atoms. The van der Waals surface area contributed by atoms with Crippen molar-refractivity contribution in [2.24, 2.45) is 0 Å². The van der Waals surface area contributed by atoms with Crippen LogP contribution in [-0.2, 0) is 0 Å². The first-order valence-electron chi connectivity index (χ1n) is 6.27. The van der Waals surface area contributed by atoms with Crippen LogP contribution in [0, 0.1) is 10.1 Å². The SMILES string of the molecule is CSCCCCCNC(=O)c1ccc(Br)c([N+](=O)[O-])c1. The van der Waals surface area contributed by atoms with E-state index in [0.717, 1.165) is 25.0 Å². The predicted octanol–water partition coefficient (Wildman–Crippen LogP) is 3.62. The third-order valence-electron chi connectivity index (χ3n) is 2.72. The third-order valence-corrected chi connectivity index (χ3v) is 4.08. The van der Waals surface area contributed by atoms with Gasteiger partial charge in [-0.05, 0) is 52.9 Å². The van der Waals surface area contributed by atoms with Crippen LogP contribution >= 0.6 is 27.7 Å². The maximum absolute atomic E-state index is 11.9. The van der Waals surface area contributed by atoms with E-state index in [1.165, 1.54) is 12.1 Å². The maximum atomic E-state index is 11.9. The number of thioether (sulfide) groups is 1. The second-order valence-corrected chi connectivity index (χ2v) is 6.07. The normalized spacial score (nSPS) is 10.3. The molecule has 5 nitrogen and oxygen atoms in total. The Kier molecular flexibility index (Phi) is 7.61. The summed E-state index contributed by atoms with van der Waals surface area (Å²) in [7, 11) is 0. The average molecular weight is 361 g/mol. The Morgan fingerprint density at radius 2 is 2.15 bits per heavy atom. The molecular weight excluding hydrogens is 344 g/mol. The summed E-state index contributed by atoms with van der Waals surface area (Å²) in [5.41, 5.74) is 0.210. The van der Waals surface area contributed by atoms with Gasteiger partial charge in [-0.2, -0.15) is 11.8 Å². The molecule has 0 aromatic heterocycles. The standard InChI is InChI=1S/C13H17BrN2O3S/c1-20-8-4-2-3-7-15-13(17)10-5-6-11(14)12(9-10)16(18)19/h5-6,9H,2-4,7-8H2,1H3,(H,15,17). The Bertz CT molecular complexity index is 483. The average Bonchev–Trinajstić information content (AvgIpc) is 2.42. The van der Waals surface area contributed by atoms with Crippen molar-refractivity contribution in [3.05, 3.63) is 38.3 Å². The molecule has 0 radical (unpaired) electrons. The number of unbranched alkanes of at least 4 members (excludes halogenated alkanes) is 2. The van der Waals surface area contributed by atoms with Gasteiger partial charge in [-0.15, -0.1) is 0 Å². The van der Waals surface area contributed by atoms with Gasteiger partial charge in [0, 0.05) is 18.2 Å². The van der Waals surface area contributed by atoms with Crippen molar-refractivity contribution in [2.75, 3.05) is 18.6 Å². The summed E-state index contributed by atoms with van der Waals surface area (Å²) in [4.78, 5) is 22.2. The van der Waals surface area contributed by atoms with E-state index in [0.29, 0.717) is 16.6 Å². The van der Waals surface area contributed by atoms with Gasteiger partial charge >= 0.3 is 0 Å². The minimum Gasteiger partial charge on any atom is -0.352 e. The largest absolute Gasteiger partial charge is 0.352 e. The van der Waals surface area contributed by atoms with E-state index in [-0.39, 0.29) is 11.6 Å². The van der Waals surface area contributed by atoms with E-state index in [1.54, 1.807) is 6.07 Å². The summed E-state index contributed by atoms with van der Waals surface area (Å²) >= 11 is 4.91. The van der Waals surface area contributed by atoms with Crippen molar-refractivity contribution < 1.29 is 9.72 Å². The molecule has 110 valence electrons. The van der Waals surface area contributed by atoms with Crippen molar-refractivity contribution in [3.8, 4) is 0 Å². The highest BCUT2D eigenvalue weighted by Gasteiger charge is 2.15. The summed E-state index contributed by atoms with van der Waals surface area (Å²) in [5, 5.41) is 13.6. The number of carbonyl (C=O) groups is 1. The van der Waals surface area contributed by atoms with Crippen LogP contribution < -0.4 is 5.32 Å². The molecule has 1 rings (SSSR count). The zero-order valence-electron chi connectivity index (χ0n) is 11.2. The lowest BCUT2D eigenvalue weighted by molar-refractivity contribution is -0.385. The first kappa shape index (κ1) is 17.0. The van der Waals surface area contributed by atoms with E-state index in [4.69, 9.17) is 0 Å². The first-order valence-corrected chi connectivity index (χ1v) is 8.46. The van der Waals surface area contributed by atoms with Gasteiger partial charge in [0.25, 0.3) is 11.6 Å². The Hall–Kier alpha value is -1.08. The molecule has 0 aliphatic rings. The summed E-state index contributed by atoms with van der Waals surface area (Å²) in [6.45, 7) is 0.594. The quantitative estimate of drug-likeness (QED) is 0.436. The van der Waals surface area contributed by atoms with Crippen LogP contribution in [0.5, 0.6) is 0 Å². The van der Waals surface area contributed by atoms with Gasteiger partial charge in [-0.25, -0.2) is 0 Å². The number of amides is 1. The highest BCUT2D eigenvalue weighted by molar-refractivity contribution is 9.10. The van der Waals surface area contributed by atoms with Crippen LogP contribution in [0.4, 0.5) is 5.69 Å². The van der Waals surface area contributed by atoms with Crippen LogP contribution in [0.1, 0.15) is 29.6 Å². The van der Waals surface area contributed by atoms with E-state index in [2.05, 4.69) is 27.5 Å². The maximum Gasteiger partial charge on any atom is 0.284 e. The minimum atomic E-state index is -0.511. The third kappa shape index (κ3) is 5.50. The summed E-state index contributed by atoms with van der Waals surface area (Å²) in [5.74, 6) is 0.859. The highest BCUT2D eigenvalue weighted by atomic mass is 79.9. The molecule has 0 saturated carbocycles. The summed E-state index contributed by atoms with van der Waals surface area (Å²) in [6, 6.07) is 4.37. The van der Waals surface area contributed by atoms with E-state index < -0.39 is 4.92 Å². The van der Waals surface area contributed by atoms with Gasteiger partial charge in [0.1, 0.15) is 0 Å². The van der Waals surface area contributed by atoms with Gasteiger partial charge in [0.2, 0.25) is 0 Å². The molecule has 0 heterocycles. The van der Waals surface area contributed by atoms with Gasteiger partial charge in [-0.3, -0.25) is 14.9 Å². The lowest BCUT2D eigenvalue weighted by atomic mass is 10.2. The molecule has 1 aromatic rings. The van der Waals surface area contributed by atoms with Gasteiger partial charge in [-0.1, -0.05) is 6.42 Å². The smallest absolute Gasteiger partial charge is 0.284 e. The molecule has 7 heteroatoms. The Morgan fingerprint density at radius 3 is 2.80 bits per heavy atom. The van der Waals surface area contributed by atoms with Gasteiger partial charge < -0.3 is 5.32 Å². The van der Waals surface area contributed by atoms with Crippen molar-refractivity contribution in [1.82, 2.24) is 5.32 Å². The Balaban J connectivity index is 2.47. The van der Waals surface area contributed by atoms with Crippen molar-refractivity contribution in [1.29, 1.82) is 0 Å². The molecule has 0 aliphatic heterocycles. The molecule has 20 heavy (non-hydrogen) atoms. The molecule has 0 aliphatic carbocycles. The number of nitrogens with one attached hydrogen (secondary N) is 1. The van der Waals surface area contributed by atoms with Gasteiger partial charge in [0.15, 0.2) is 0 Å². The monoisotopic (exact) mass is 360 g/mol. The summed E-state index contributed by atoms with van der Waals surface area (Å²) in [6.07, 6.45) is 5.20. The molecule has 0 fully saturated rings. The van der Waals surface area contributed by atoms with Crippen molar-refractivity contribution in [3.63, 3.8) is 0 Å². The fourth-order valence-corrected chi connectivity index (χ4v) is 2.53. The Labute approximate surface area is 130 Å². The van der Waals surface area contributed by atoms with Crippen LogP contribution in [0.3, 0.4) is 0 Å². The molecule has 0 bridgehead atoms. The van der Waals surface area contributed by atoms with Crippen LogP contribution in [-0.4, -0.2) is 29.4 Å². The zero-order valence-corrected chi connectivity index (χ0v) is 13.6. The predicted molar refractivity (Wildman–Crippen MR) is 85.4 cm³/mol. The van der Waals surface area contributed by atoms with E-state index in [9.17, 15) is 14.9 Å². The molecular formula is C13H17BrN2O3S. The lowest BCUT2D eigenvalue weighted by Gasteiger charge is -2.05. The fourth-order valence-electron chi connectivity index (χ4n) is 1.65. The molecule has 0 unspecified atom stereocenters. The molecule has 0 saturated heterocycles. The lowest BCUT2D eigenvalue weighted by Crippen LogP contribution is -2.24. The number of carbonyl (C=O) groups excluding carboxylic acids is 1. The number of benzene rings is 1. The number of nitrogens with zero attached hydrogens (tertiary/aromatic N) is 1. The number of halogens is 1. The van der Waals surface area contributed by atoms with E-state index >= 15 is 0 Å². The fraction of sp³-hybridized carbons (Fsp3) is 0.462. The van der Waals surface area contributed by atoms with Crippen LogP contribution in [0.2, 0.25) is 0 Å².